The van der Waals surface area contributed by atoms with Crippen molar-refractivity contribution in [2.75, 3.05) is 0 Å². The first-order valence-corrected chi connectivity index (χ1v) is 3.22. The number of rotatable bonds is 0. The molecule has 2 rings (SSSR count). The van der Waals surface area contributed by atoms with E-state index in [0.717, 1.165) is 0 Å². The second kappa shape index (κ2) is 4.96. The number of carboxylic acid groups (broad SMARTS) is 2. The first kappa shape index (κ1) is 10.2. The Labute approximate surface area is 70.6 Å². The molecule has 64 valence electrons. The van der Waals surface area contributed by atoms with E-state index in [-0.39, 0.29) is 0 Å². The van der Waals surface area contributed by atoms with E-state index in [9.17, 15) is 0 Å². The van der Waals surface area contributed by atoms with Crippen molar-refractivity contribution >= 4 is 6.16 Å². The minimum atomic E-state index is -1.83. The summed E-state index contributed by atoms with van der Waals surface area (Å²) in [4.78, 5) is 8.56. The average Bonchev–Trinajstić information content (AvgIpc) is 2.00. The number of hydrogen-bond donors (Lipinski definition) is 2. The van der Waals surface area contributed by atoms with Crippen LogP contribution in [0.15, 0.2) is 37.4 Å². The zero-order valence-electron chi connectivity index (χ0n) is 6.53. The SMILES string of the molecule is C=C.O=C(O)O.c1cc2ccc1-2. The smallest absolute Gasteiger partial charge is 0.450 e. The van der Waals surface area contributed by atoms with Gasteiger partial charge >= 0.3 is 6.16 Å². The van der Waals surface area contributed by atoms with E-state index in [2.05, 4.69) is 37.4 Å². The van der Waals surface area contributed by atoms with Crippen molar-refractivity contribution in [2.45, 2.75) is 0 Å². The number of carbonyl (C=O) groups is 1. The third-order valence-electron chi connectivity index (χ3n) is 1.22. The van der Waals surface area contributed by atoms with Crippen molar-refractivity contribution < 1.29 is 15.0 Å². The van der Waals surface area contributed by atoms with Crippen LogP contribution in [0, 0.1) is 0 Å². The van der Waals surface area contributed by atoms with Crippen LogP contribution >= 0.6 is 0 Å². The Morgan fingerprint density at radius 3 is 1.17 bits per heavy atom. The van der Waals surface area contributed by atoms with Gasteiger partial charge in [-0.05, 0) is 11.1 Å². The lowest BCUT2D eigenvalue weighted by Gasteiger charge is -2.10. The average molecular weight is 166 g/mol. The van der Waals surface area contributed by atoms with Gasteiger partial charge in [0.25, 0.3) is 0 Å². The Kier molecular flexibility index (Phi) is 4.23. The topological polar surface area (TPSA) is 57.5 Å². The molecule has 3 heteroatoms. The van der Waals surface area contributed by atoms with E-state index in [0.29, 0.717) is 0 Å². The summed E-state index contributed by atoms with van der Waals surface area (Å²) in [6, 6.07) is 8.48. The predicted octanol–water partition coefficient (Wildman–Crippen LogP) is 2.69. The highest BCUT2D eigenvalue weighted by Gasteiger charge is 2.03. The fourth-order valence-electron chi connectivity index (χ4n) is 0.663. The van der Waals surface area contributed by atoms with Crippen LogP contribution in [0.4, 0.5) is 4.79 Å². The molecule has 0 fully saturated rings. The summed E-state index contributed by atoms with van der Waals surface area (Å²) in [7, 11) is 0. The van der Waals surface area contributed by atoms with Crippen molar-refractivity contribution in [3.63, 3.8) is 0 Å². The highest BCUT2D eigenvalue weighted by atomic mass is 16.6. The molecule has 0 aromatic rings. The molecular weight excluding hydrogens is 156 g/mol. The van der Waals surface area contributed by atoms with Gasteiger partial charge in [-0.3, -0.25) is 0 Å². The van der Waals surface area contributed by atoms with E-state index < -0.39 is 6.16 Å². The Morgan fingerprint density at radius 2 is 1.17 bits per heavy atom. The summed E-state index contributed by atoms with van der Waals surface area (Å²) in [5.74, 6) is 0. The molecular formula is C9H10O3. The van der Waals surface area contributed by atoms with E-state index in [1.165, 1.54) is 11.1 Å². The van der Waals surface area contributed by atoms with Gasteiger partial charge in [-0.25, -0.2) is 4.79 Å². The molecule has 0 amide bonds. The molecule has 0 radical (unpaired) electrons. The summed E-state index contributed by atoms with van der Waals surface area (Å²) in [6.07, 6.45) is -1.83. The molecule has 0 aromatic carbocycles. The quantitative estimate of drug-likeness (QED) is 0.591. The predicted molar refractivity (Wildman–Crippen MR) is 47.3 cm³/mol. The van der Waals surface area contributed by atoms with Gasteiger partial charge in [0, 0.05) is 0 Å². The van der Waals surface area contributed by atoms with Gasteiger partial charge in [-0.1, -0.05) is 24.3 Å². The molecule has 0 aromatic heterocycles. The number of fused-ring (bicyclic) bond motifs is 1. The highest BCUT2D eigenvalue weighted by molar-refractivity contribution is 5.75. The Hall–Kier alpha value is -1.77. The van der Waals surface area contributed by atoms with Crippen molar-refractivity contribution in [1.29, 1.82) is 0 Å². The Balaban J connectivity index is 0.000000181. The minimum Gasteiger partial charge on any atom is -0.450 e. The van der Waals surface area contributed by atoms with Crippen LogP contribution in [0.2, 0.25) is 0 Å². The molecule has 0 saturated carbocycles. The summed E-state index contributed by atoms with van der Waals surface area (Å²) in [5.41, 5.74) is 2.85. The number of benzene rings is 1. The lowest BCUT2D eigenvalue weighted by Crippen LogP contribution is -1.85. The van der Waals surface area contributed by atoms with Crippen LogP contribution in [0.5, 0.6) is 0 Å². The van der Waals surface area contributed by atoms with Crippen molar-refractivity contribution in [1.82, 2.24) is 0 Å². The maximum atomic E-state index is 8.56. The van der Waals surface area contributed by atoms with Crippen LogP contribution < -0.4 is 0 Å². The largest absolute Gasteiger partial charge is 0.503 e. The summed E-state index contributed by atoms with van der Waals surface area (Å²) < 4.78 is 0. The van der Waals surface area contributed by atoms with Gasteiger partial charge in [-0.15, -0.1) is 13.2 Å². The van der Waals surface area contributed by atoms with Gasteiger partial charge in [-0.2, -0.15) is 0 Å². The monoisotopic (exact) mass is 166 g/mol. The second-order valence-corrected chi connectivity index (χ2v) is 1.86. The van der Waals surface area contributed by atoms with Gasteiger partial charge in [0.1, 0.15) is 0 Å². The first-order chi connectivity index (χ1) is 5.70. The van der Waals surface area contributed by atoms with Gasteiger partial charge in [0.05, 0.1) is 0 Å². The third kappa shape index (κ3) is 2.88. The molecule has 12 heavy (non-hydrogen) atoms. The Bertz CT molecular complexity index is 226. The van der Waals surface area contributed by atoms with E-state index in [1.807, 2.05) is 0 Å². The maximum absolute atomic E-state index is 8.56. The zero-order valence-corrected chi connectivity index (χ0v) is 6.53. The molecule has 0 bridgehead atoms. The van der Waals surface area contributed by atoms with Gasteiger partial charge in [0.15, 0.2) is 0 Å². The highest BCUT2D eigenvalue weighted by Crippen LogP contribution is 2.29. The molecule has 0 saturated heterocycles. The van der Waals surface area contributed by atoms with E-state index in [1.54, 1.807) is 0 Å². The van der Waals surface area contributed by atoms with E-state index >= 15 is 0 Å². The van der Waals surface area contributed by atoms with Crippen molar-refractivity contribution in [3.05, 3.63) is 37.4 Å². The fraction of sp³-hybridized carbons (Fsp3) is 0. The zero-order chi connectivity index (χ0) is 9.56. The molecule has 2 aliphatic carbocycles. The van der Waals surface area contributed by atoms with E-state index in [4.69, 9.17) is 15.0 Å². The molecule has 0 unspecified atom stereocenters. The maximum Gasteiger partial charge on any atom is 0.503 e. The third-order valence-corrected chi connectivity index (χ3v) is 1.22. The first-order valence-electron chi connectivity index (χ1n) is 3.22. The van der Waals surface area contributed by atoms with Crippen LogP contribution in [-0.4, -0.2) is 16.4 Å². The lowest BCUT2D eigenvalue weighted by molar-refractivity contribution is 0.137. The summed E-state index contributed by atoms with van der Waals surface area (Å²) in [6.45, 7) is 6.00. The Morgan fingerprint density at radius 1 is 1.00 bits per heavy atom. The second-order valence-electron chi connectivity index (χ2n) is 1.86. The lowest BCUT2D eigenvalue weighted by atomic mass is 9.95. The standard InChI is InChI=1S/C6H4.C2H4.CH2O3/c1-2-6-4-3-5(1)6;1-2;2-1(3)4/h1-4H;1-2H2;(H2,2,3,4). The molecule has 0 heterocycles. The van der Waals surface area contributed by atoms with Crippen LogP contribution in [0.25, 0.3) is 11.1 Å². The summed E-state index contributed by atoms with van der Waals surface area (Å²) in [5, 5.41) is 13.9. The molecule has 0 atom stereocenters. The normalized spacial score (nSPS) is 8.00. The van der Waals surface area contributed by atoms with Crippen molar-refractivity contribution in [3.8, 4) is 11.1 Å². The fourth-order valence-corrected chi connectivity index (χ4v) is 0.663. The van der Waals surface area contributed by atoms with Crippen LogP contribution in [-0.2, 0) is 0 Å². The number of hydrogen-bond acceptors (Lipinski definition) is 1. The molecule has 0 aliphatic heterocycles. The molecule has 2 aliphatic rings. The summed E-state index contributed by atoms with van der Waals surface area (Å²) >= 11 is 0. The van der Waals surface area contributed by atoms with Gasteiger partial charge < -0.3 is 10.2 Å². The van der Waals surface area contributed by atoms with Crippen molar-refractivity contribution in [2.24, 2.45) is 0 Å². The molecule has 3 nitrogen and oxygen atoms in total. The molecule has 2 N–H and O–H groups in total. The van der Waals surface area contributed by atoms with Crippen LogP contribution in [0.1, 0.15) is 0 Å². The van der Waals surface area contributed by atoms with Crippen LogP contribution in [0.3, 0.4) is 0 Å². The molecule has 0 spiro atoms. The van der Waals surface area contributed by atoms with Gasteiger partial charge in [0.2, 0.25) is 0 Å². The minimum absolute atomic E-state index is 1.43.